The van der Waals surface area contributed by atoms with Gasteiger partial charge in [-0.05, 0) is 20.3 Å². The van der Waals surface area contributed by atoms with Crippen molar-refractivity contribution in [3.05, 3.63) is 0 Å². The second-order valence-corrected chi connectivity index (χ2v) is 8.28. The SMILES string of the molecule is CC(C)N1CC(C(=O)N(C)C2CCS(=O)(=O)C2)CC1=O. The number of hydrogen-bond acceptors (Lipinski definition) is 4. The smallest absolute Gasteiger partial charge is 0.228 e. The summed E-state index contributed by atoms with van der Waals surface area (Å²) in [6, 6.07) is -0.145. The van der Waals surface area contributed by atoms with E-state index in [2.05, 4.69) is 0 Å². The molecule has 2 rings (SSSR count). The maximum absolute atomic E-state index is 12.4. The van der Waals surface area contributed by atoms with E-state index in [1.165, 1.54) is 4.90 Å². The average molecular weight is 302 g/mol. The molecular weight excluding hydrogens is 280 g/mol. The summed E-state index contributed by atoms with van der Waals surface area (Å²) in [5.41, 5.74) is 0. The number of rotatable bonds is 3. The molecule has 0 spiro atoms. The number of amides is 2. The Bertz CT molecular complexity index is 514. The van der Waals surface area contributed by atoms with Crippen LogP contribution in [0.4, 0.5) is 0 Å². The molecule has 2 atom stereocenters. The molecule has 2 fully saturated rings. The monoisotopic (exact) mass is 302 g/mol. The van der Waals surface area contributed by atoms with Crippen LogP contribution in [-0.2, 0) is 19.4 Å². The standard InChI is InChI=1S/C13H22N2O4S/c1-9(2)15-7-10(6-12(15)16)13(17)14(3)11-4-5-20(18,19)8-11/h9-11H,4-8H2,1-3H3. The van der Waals surface area contributed by atoms with Crippen molar-refractivity contribution < 1.29 is 18.0 Å². The molecule has 7 heteroatoms. The largest absolute Gasteiger partial charge is 0.341 e. The van der Waals surface area contributed by atoms with Crippen molar-refractivity contribution in [2.24, 2.45) is 5.92 Å². The van der Waals surface area contributed by atoms with Gasteiger partial charge in [-0.25, -0.2) is 8.42 Å². The summed E-state index contributed by atoms with van der Waals surface area (Å²) < 4.78 is 23.0. The molecule has 114 valence electrons. The summed E-state index contributed by atoms with van der Waals surface area (Å²) >= 11 is 0. The maximum Gasteiger partial charge on any atom is 0.228 e. The summed E-state index contributed by atoms with van der Waals surface area (Å²) in [6.07, 6.45) is 0.736. The highest BCUT2D eigenvalue weighted by molar-refractivity contribution is 7.91. The lowest BCUT2D eigenvalue weighted by atomic mass is 10.1. The Balaban J connectivity index is 2.00. The number of hydrogen-bond donors (Lipinski definition) is 0. The number of likely N-dealkylation sites (tertiary alicyclic amines) is 1. The van der Waals surface area contributed by atoms with Crippen LogP contribution >= 0.6 is 0 Å². The third kappa shape index (κ3) is 2.97. The maximum atomic E-state index is 12.4. The lowest BCUT2D eigenvalue weighted by Crippen LogP contribution is -2.42. The van der Waals surface area contributed by atoms with Gasteiger partial charge in [-0.2, -0.15) is 0 Å². The molecule has 20 heavy (non-hydrogen) atoms. The molecule has 2 unspecified atom stereocenters. The predicted molar refractivity (Wildman–Crippen MR) is 74.8 cm³/mol. The Hall–Kier alpha value is -1.11. The summed E-state index contributed by atoms with van der Waals surface area (Å²) in [5, 5.41) is 0. The van der Waals surface area contributed by atoms with E-state index >= 15 is 0 Å². The number of carbonyl (C=O) groups is 2. The molecule has 0 aromatic carbocycles. The predicted octanol–water partition coefficient (Wildman–Crippen LogP) is -0.111. The van der Waals surface area contributed by atoms with Crippen LogP contribution in [0.5, 0.6) is 0 Å². The van der Waals surface area contributed by atoms with E-state index in [1.807, 2.05) is 13.8 Å². The summed E-state index contributed by atoms with van der Waals surface area (Å²) in [7, 11) is -1.35. The molecule has 0 aromatic heterocycles. The van der Waals surface area contributed by atoms with E-state index in [9.17, 15) is 18.0 Å². The number of carbonyl (C=O) groups excluding carboxylic acids is 2. The Kier molecular flexibility index (Phi) is 4.09. The summed E-state index contributed by atoms with van der Waals surface area (Å²) in [6.45, 7) is 4.30. The van der Waals surface area contributed by atoms with Gasteiger partial charge in [0, 0.05) is 32.1 Å². The molecule has 2 aliphatic heterocycles. The molecule has 0 aromatic rings. The van der Waals surface area contributed by atoms with Gasteiger partial charge in [0.15, 0.2) is 9.84 Å². The zero-order chi connectivity index (χ0) is 15.1. The molecule has 2 heterocycles. The first-order valence-electron chi connectivity index (χ1n) is 6.98. The highest BCUT2D eigenvalue weighted by atomic mass is 32.2. The van der Waals surface area contributed by atoms with Crippen LogP contribution in [0, 0.1) is 5.92 Å². The first kappa shape index (κ1) is 15.3. The van der Waals surface area contributed by atoms with E-state index < -0.39 is 9.84 Å². The van der Waals surface area contributed by atoms with E-state index in [4.69, 9.17) is 0 Å². The van der Waals surface area contributed by atoms with Crippen LogP contribution in [0.15, 0.2) is 0 Å². The fraction of sp³-hybridized carbons (Fsp3) is 0.846. The molecule has 0 radical (unpaired) electrons. The third-order valence-corrected chi connectivity index (χ3v) is 5.99. The van der Waals surface area contributed by atoms with Gasteiger partial charge >= 0.3 is 0 Å². The zero-order valence-electron chi connectivity index (χ0n) is 12.2. The van der Waals surface area contributed by atoms with Crippen molar-refractivity contribution in [2.75, 3.05) is 25.1 Å². The van der Waals surface area contributed by atoms with Gasteiger partial charge < -0.3 is 9.80 Å². The van der Waals surface area contributed by atoms with Gasteiger partial charge in [0.1, 0.15) is 0 Å². The molecule has 6 nitrogen and oxygen atoms in total. The Morgan fingerprint density at radius 2 is 2.05 bits per heavy atom. The third-order valence-electron chi connectivity index (χ3n) is 4.23. The van der Waals surface area contributed by atoms with Gasteiger partial charge in [0.05, 0.1) is 17.4 Å². The van der Waals surface area contributed by atoms with Crippen LogP contribution in [0.3, 0.4) is 0 Å². The molecule has 2 amide bonds. The minimum Gasteiger partial charge on any atom is -0.341 e. The molecular formula is C13H22N2O4S. The van der Waals surface area contributed by atoms with Crippen LogP contribution < -0.4 is 0 Å². The second-order valence-electron chi connectivity index (χ2n) is 6.05. The van der Waals surface area contributed by atoms with Crippen LogP contribution in [0.1, 0.15) is 26.7 Å². The molecule has 2 aliphatic rings. The Morgan fingerprint density at radius 3 is 2.50 bits per heavy atom. The van der Waals surface area contributed by atoms with Crippen molar-refractivity contribution in [2.45, 2.75) is 38.8 Å². The zero-order valence-corrected chi connectivity index (χ0v) is 13.0. The molecule has 0 aliphatic carbocycles. The van der Waals surface area contributed by atoms with Crippen molar-refractivity contribution in [3.8, 4) is 0 Å². The summed E-state index contributed by atoms with van der Waals surface area (Å²) in [5.74, 6) is -0.242. The minimum absolute atomic E-state index is 0.00536. The van der Waals surface area contributed by atoms with Gasteiger partial charge in [0.25, 0.3) is 0 Å². The Labute approximate surface area is 120 Å². The van der Waals surface area contributed by atoms with Crippen molar-refractivity contribution in [1.82, 2.24) is 9.80 Å². The highest BCUT2D eigenvalue weighted by Gasteiger charge is 2.40. The quantitative estimate of drug-likeness (QED) is 0.729. The fourth-order valence-corrected chi connectivity index (χ4v) is 4.72. The number of nitrogens with zero attached hydrogens (tertiary/aromatic N) is 2. The lowest BCUT2D eigenvalue weighted by molar-refractivity contribution is -0.136. The lowest BCUT2D eigenvalue weighted by Gasteiger charge is -2.27. The van der Waals surface area contributed by atoms with Gasteiger partial charge in [-0.15, -0.1) is 0 Å². The van der Waals surface area contributed by atoms with Gasteiger partial charge in [-0.1, -0.05) is 0 Å². The van der Waals surface area contributed by atoms with Crippen LogP contribution in [0.25, 0.3) is 0 Å². The van der Waals surface area contributed by atoms with E-state index in [1.54, 1.807) is 11.9 Å². The normalized spacial score (nSPS) is 29.2. The fourth-order valence-electron chi connectivity index (χ4n) is 2.94. The molecule has 0 N–H and O–H groups in total. The van der Waals surface area contributed by atoms with E-state index in [0.717, 1.165) is 0 Å². The van der Waals surface area contributed by atoms with E-state index in [0.29, 0.717) is 13.0 Å². The minimum atomic E-state index is -3.00. The molecule has 0 bridgehead atoms. The average Bonchev–Trinajstić information content (AvgIpc) is 2.90. The van der Waals surface area contributed by atoms with Crippen molar-refractivity contribution in [1.29, 1.82) is 0 Å². The van der Waals surface area contributed by atoms with Gasteiger partial charge in [-0.3, -0.25) is 9.59 Å². The van der Waals surface area contributed by atoms with Crippen LogP contribution in [-0.4, -0.2) is 67.2 Å². The molecule has 2 saturated heterocycles. The first-order chi connectivity index (χ1) is 9.21. The van der Waals surface area contributed by atoms with E-state index in [-0.39, 0.29) is 47.7 Å². The summed E-state index contributed by atoms with van der Waals surface area (Å²) in [4.78, 5) is 27.5. The Morgan fingerprint density at radius 1 is 1.40 bits per heavy atom. The van der Waals surface area contributed by atoms with Crippen molar-refractivity contribution in [3.63, 3.8) is 0 Å². The first-order valence-corrected chi connectivity index (χ1v) is 8.80. The van der Waals surface area contributed by atoms with Crippen molar-refractivity contribution >= 4 is 21.7 Å². The van der Waals surface area contributed by atoms with Gasteiger partial charge in [0.2, 0.25) is 11.8 Å². The number of sulfone groups is 1. The molecule has 0 saturated carbocycles. The topological polar surface area (TPSA) is 74.8 Å². The van der Waals surface area contributed by atoms with Crippen LogP contribution in [0.2, 0.25) is 0 Å². The second kappa shape index (κ2) is 5.35. The highest BCUT2D eigenvalue weighted by Crippen LogP contribution is 2.24.